The number of hydrogen-bond acceptors (Lipinski definition) is 3. The second kappa shape index (κ2) is 7.29. The van der Waals surface area contributed by atoms with E-state index in [0.29, 0.717) is 12.2 Å². The van der Waals surface area contributed by atoms with Crippen molar-refractivity contribution in [2.75, 3.05) is 31.9 Å². The van der Waals surface area contributed by atoms with Gasteiger partial charge in [0.05, 0.1) is 0 Å². The Labute approximate surface area is 121 Å². The summed E-state index contributed by atoms with van der Waals surface area (Å²) >= 11 is 0. The second-order valence-corrected chi connectivity index (χ2v) is 5.59. The Hall–Kier alpha value is -1.55. The standard InChI is InChI=1S/C16H25N3O/c1-13-12-14(17)6-7-15(13)16(20)18-8-11-19-9-4-2-3-5-10-19/h6-7,12H,2-5,8-11,17H2,1H3,(H,18,20). The minimum atomic E-state index is -0.00248. The number of carbonyl (C=O) groups is 1. The molecule has 0 atom stereocenters. The summed E-state index contributed by atoms with van der Waals surface area (Å²) < 4.78 is 0. The van der Waals surface area contributed by atoms with Gasteiger partial charge in [-0.3, -0.25) is 4.79 Å². The molecule has 2 rings (SSSR count). The zero-order valence-electron chi connectivity index (χ0n) is 12.3. The lowest BCUT2D eigenvalue weighted by Gasteiger charge is -2.19. The maximum atomic E-state index is 12.1. The molecule has 0 bridgehead atoms. The quantitative estimate of drug-likeness (QED) is 0.828. The smallest absolute Gasteiger partial charge is 0.251 e. The third kappa shape index (κ3) is 4.23. The number of nitrogens with two attached hydrogens (primary N) is 1. The van der Waals surface area contributed by atoms with Gasteiger partial charge in [-0.1, -0.05) is 12.8 Å². The minimum Gasteiger partial charge on any atom is -0.399 e. The van der Waals surface area contributed by atoms with E-state index < -0.39 is 0 Å². The Kier molecular flexibility index (Phi) is 5.41. The van der Waals surface area contributed by atoms with Gasteiger partial charge < -0.3 is 16.0 Å². The van der Waals surface area contributed by atoms with Crippen LogP contribution in [0.3, 0.4) is 0 Å². The molecule has 1 aliphatic heterocycles. The highest BCUT2D eigenvalue weighted by Crippen LogP contribution is 2.12. The second-order valence-electron chi connectivity index (χ2n) is 5.59. The monoisotopic (exact) mass is 275 g/mol. The van der Waals surface area contributed by atoms with Gasteiger partial charge in [0.1, 0.15) is 0 Å². The molecule has 0 aliphatic carbocycles. The molecule has 1 amide bonds. The molecule has 0 radical (unpaired) electrons. The molecule has 0 aromatic heterocycles. The normalized spacial score (nSPS) is 16.6. The fraction of sp³-hybridized carbons (Fsp3) is 0.562. The van der Waals surface area contributed by atoms with Crippen molar-refractivity contribution in [1.29, 1.82) is 0 Å². The average Bonchev–Trinajstić information content (AvgIpc) is 2.67. The van der Waals surface area contributed by atoms with Gasteiger partial charge >= 0.3 is 0 Å². The van der Waals surface area contributed by atoms with Gasteiger partial charge in [-0.05, 0) is 56.6 Å². The van der Waals surface area contributed by atoms with E-state index >= 15 is 0 Å². The molecular weight excluding hydrogens is 250 g/mol. The summed E-state index contributed by atoms with van der Waals surface area (Å²) in [5, 5.41) is 3.01. The molecule has 1 heterocycles. The van der Waals surface area contributed by atoms with Gasteiger partial charge in [0, 0.05) is 24.3 Å². The van der Waals surface area contributed by atoms with Crippen molar-refractivity contribution in [3.05, 3.63) is 29.3 Å². The zero-order valence-corrected chi connectivity index (χ0v) is 12.3. The number of anilines is 1. The topological polar surface area (TPSA) is 58.4 Å². The first-order chi connectivity index (χ1) is 9.66. The molecule has 20 heavy (non-hydrogen) atoms. The Morgan fingerprint density at radius 1 is 1.25 bits per heavy atom. The number of carbonyl (C=O) groups excluding carboxylic acids is 1. The first-order valence-corrected chi connectivity index (χ1v) is 7.53. The number of benzene rings is 1. The molecule has 1 aromatic rings. The van der Waals surface area contributed by atoms with Gasteiger partial charge in [-0.15, -0.1) is 0 Å². The highest BCUT2D eigenvalue weighted by Gasteiger charge is 2.11. The summed E-state index contributed by atoms with van der Waals surface area (Å²) in [7, 11) is 0. The van der Waals surface area contributed by atoms with E-state index in [9.17, 15) is 4.79 Å². The van der Waals surface area contributed by atoms with Crippen LogP contribution < -0.4 is 11.1 Å². The molecule has 3 N–H and O–H groups in total. The molecule has 4 nitrogen and oxygen atoms in total. The third-order valence-corrected chi connectivity index (χ3v) is 3.91. The van der Waals surface area contributed by atoms with Crippen molar-refractivity contribution < 1.29 is 4.79 Å². The van der Waals surface area contributed by atoms with E-state index in [2.05, 4.69) is 10.2 Å². The number of amides is 1. The van der Waals surface area contributed by atoms with Crippen molar-refractivity contribution >= 4 is 11.6 Å². The number of rotatable bonds is 4. The van der Waals surface area contributed by atoms with Crippen LogP contribution in [-0.4, -0.2) is 37.0 Å². The summed E-state index contributed by atoms with van der Waals surface area (Å²) in [6, 6.07) is 5.41. The van der Waals surface area contributed by atoms with Crippen LogP contribution in [0.2, 0.25) is 0 Å². The maximum Gasteiger partial charge on any atom is 0.251 e. The Balaban J connectivity index is 1.79. The summed E-state index contributed by atoms with van der Waals surface area (Å²) in [6.07, 6.45) is 5.25. The van der Waals surface area contributed by atoms with Crippen molar-refractivity contribution in [1.82, 2.24) is 10.2 Å². The molecule has 1 aliphatic rings. The molecule has 0 saturated carbocycles. The largest absolute Gasteiger partial charge is 0.399 e. The number of nitrogens with zero attached hydrogens (tertiary/aromatic N) is 1. The van der Waals surface area contributed by atoms with Crippen LogP contribution in [-0.2, 0) is 0 Å². The Morgan fingerprint density at radius 3 is 2.60 bits per heavy atom. The minimum absolute atomic E-state index is 0.00248. The molecule has 110 valence electrons. The summed E-state index contributed by atoms with van der Waals surface area (Å²) in [5.41, 5.74) is 8.05. The van der Waals surface area contributed by atoms with Crippen LogP contribution in [0.15, 0.2) is 18.2 Å². The fourth-order valence-electron chi connectivity index (χ4n) is 2.72. The number of nitrogen functional groups attached to an aromatic ring is 1. The van der Waals surface area contributed by atoms with Crippen LogP contribution in [0.1, 0.15) is 41.6 Å². The molecule has 1 aromatic carbocycles. The van der Waals surface area contributed by atoms with Crippen molar-refractivity contribution in [2.24, 2.45) is 0 Å². The number of nitrogens with one attached hydrogen (secondary N) is 1. The first-order valence-electron chi connectivity index (χ1n) is 7.53. The predicted molar refractivity (Wildman–Crippen MR) is 82.8 cm³/mol. The van der Waals surface area contributed by atoms with Crippen molar-refractivity contribution in [3.63, 3.8) is 0 Å². The maximum absolute atomic E-state index is 12.1. The fourth-order valence-corrected chi connectivity index (χ4v) is 2.72. The van der Waals surface area contributed by atoms with Gasteiger partial charge in [-0.25, -0.2) is 0 Å². The lowest BCUT2D eigenvalue weighted by molar-refractivity contribution is 0.0948. The van der Waals surface area contributed by atoms with Crippen molar-refractivity contribution in [3.8, 4) is 0 Å². The number of aryl methyl sites for hydroxylation is 1. The molecular formula is C16H25N3O. The van der Waals surface area contributed by atoms with Crippen molar-refractivity contribution in [2.45, 2.75) is 32.6 Å². The van der Waals surface area contributed by atoms with Crippen LogP contribution >= 0.6 is 0 Å². The highest BCUT2D eigenvalue weighted by atomic mass is 16.1. The zero-order chi connectivity index (χ0) is 14.4. The molecule has 0 spiro atoms. The summed E-state index contributed by atoms with van der Waals surface area (Å²) in [4.78, 5) is 14.6. The lowest BCUT2D eigenvalue weighted by atomic mass is 10.1. The summed E-state index contributed by atoms with van der Waals surface area (Å²) in [5.74, 6) is -0.00248. The molecule has 1 fully saturated rings. The van der Waals surface area contributed by atoms with Gasteiger partial charge in [0.25, 0.3) is 5.91 Å². The van der Waals surface area contributed by atoms with Gasteiger partial charge in [0.2, 0.25) is 0 Å². The van der Waals surface area contributed by atoms with Gasteiger partial charge in [0.15, 0.2) is 0 Å². The Morgan fingerprint density at radius 2 is 1.95 bits per heavy atom. The third-order valence-electron chi connectivity index (χ3n) is 3.91. The SMILES string of the molecule is Cc1cc(N)ccc1C(=O)NCCN1CCCCCC1. The molecule has 1 saturated heterocycles. The summed E-state index contributed by atoms with van der Waals surface area (Å²) in [6.45, 7) is 5.90. The van der Waals surface area contributed by atoms with Gasteiger partial charge in [-0.2, -0.15) is 0 Å². The molecule has 4 heteroatoms. The Bertz CT molecular complexity index is 451. The van der Waals surface area contributed by atoms with E-state index in [1.807, 2.05) is 13.0 Å². The average molecular weight is 275 g/mol. The van der Waals surface area contributed by atoms with E-state index in [1.165, 1.54) is 25.7 Å². The molecule has 0 unspecified atom stereocenters. The number of hydrogen-bond donors (Lipinski definition) is 2. The van der Waals surface area contributed by atoms with E-state index in [4.69, 9.17) is 5.73 Å². The van der Waals surface area contributed by atoms with Crippen LogP contribution in [0.25, 0.3) is 0 Å². The number of likely N-dealkylation sites (tertiary alicyclic amines) is 1. The lowest BCUT2D eigenvalue weighted by Crippen LogP contribution is -2.35. The van der Waals surface area contributed by atoms with Crippen LogP contribution in [0.4, 0.5) is 5.69 Å². The highest BCUT2D eigenvalue weighted by molar-refractivity contribution is 5.95. The predicted octanol–water partition coefficient (Wildman–Crippen LogP) is 2.18. The first kappa shape index (κ1) is 14.9. The van der Waals surface area contributed by atoms with E-state index in [-0.39, 0.29) is 5.91 Å². The van der Waals surface area contributed by atoms with Crippen LogP contribution in [0, 0.1) is 6.92 Å². The van der Waals surface area contributed by atoms with Crippen LogP contribution in [0.5, 0.6) is 0 Å². The van der Waals surface area contributed by atoms with E-state index in [1.54, 1.807) is 12.1 Å². The van der Waals surface area contributed by atoms with E-state index in [0.717, 1.165) is 30.8 Å².